The van der Waals surface area contributed by atoms with Crippen LogP contribution in [-0.4, -0.2) is 34.6 Å². The molecule has 0 N–H and O–H groups in total. The van der Waals surface area contributed by atoms with Crippen LogP contribution in [0.5, 0.6) is 0 Å². The van der Waals surface area contributed by atoms with E-state index in [1.807, 2.05) is 44.4 Å². The molecule has 5 nitrogen and oxygen atoms in total. The van der Waals surface area contributed by atoms with E-state index in [9.17, 15) is 9.59 Å². The molecule has 0 amide bonds. The van der Waals surface area contributed by atoms with Gasteiger partial charge in [-0.2, -0.15) is 5.10 Å². The molecule has 0 aliphatic rings. The van der Waals surface area contributed by atoms with Crippen molar-refractivity contribution >= 4 is 5.78 Å². The van der Waals surface area contributed by atoms with E-state index in [0.29, 0.717) is 11.3 Å². The fraction of sp³-hybridized carbons (Fsp3) is 0.188. The molecule has 21 heavy (non-hydrogen) atoms. The van der Waals surface area contributed by atoms with Crippen LogP contribution in [0.3, 0.4) is 0 Å². The molecule has 0 aliphatic heterocycles. The second-order valence-electron chi connectivity index (χ2n) is 4.88. The summed E-state index contributed by atoms with van der Waals surface area (Å²) in [4.78, 5) is 25.8. The molecule has 0 bridgehead atoms. The van der Waals surface area contributed by atoms with E-state index in [0.717, 1.165) is 5.56 Å². The maximum absolute atomic E-state index is 12.3. The van der Waals surface area contributed by atoms with E-state index < -0.39 is 0 Å². The summed E-state index contributed by atoms with van der Waals surface area (Å²) in [5, 5.41) is 4.23. The summed E-state index contributed by atoms with van der Waals surface area (Å²) in [6, 6.07) is 10.7. The third-order valence-electron chi connectivity index (χ3n) is 2.93. The Hall–Kier alpha value is -2.69. The van der Waals surface area contributed by atoms with Crippen molar-refractivity contribution in [1.82, 2.24) is 14.7 Å². The van der Waals surface area contributed by atoms with Crippen molar-refractivity contribution in [3.63, 3.8) is 0 Å². The zero-order valence-corrected chi connectivity index (χ0v) is 12.3. The highest BCUT2D eigenvalue weighted by atomic mass is 16.1. The van der Waals surface area contributed by atoms with Crippen molar-refractivity contribution < 1.29 is 4.79 Å². The van der Waals surface area contributed by atoms with Gasteiger partial charge in [-0.1, -0.05) is 30.3 Å². The van der Waals surface area contributed by atoms with Crippen LogP contribution in [0.4, 0.5) is 0 Å². The number of carbonyl (C=O) groups excluding carboxylic acids is 1. The second kappa shape index (κ2) is 6.17. The van der Waals surface area contributed by atoms with E-state index in [4.69, 9.17) is 0 Å². The Bertz CT molecular complexity index is 731. The molecule has 0 aliphatic carbocycles. The average molecular weight is 283 g/mol. The average Bonchev–Trinajstić information content (AvgIpc) is 2.48. The van der Waals surface area contributed by atoms with Gasteiger partial charge in [-0.25, -0.2) is 4.68 Å². The van der Waals surface area contributed by atoms with E-state index in [1.54, 1.807) is 18.1 Å². The van der Waals surface area contributed by atoms with Gasteiger partial charge >= 0.3 is 0 Å². The molecule has 0 saturated heterocycles. The molecule has 2 rings (SSSR count). The quantitative estimate of drug-likeness (QED) is 0.633. The Labute approximate surface area is 123 Å². The molecule has 5 heteroatoms. The van der Waals surface area contributed by atoms with Crippen LogP contribution in [0.1, 0.15) is 10.4 Å². The number of benzene rings is 1. The number of allylic oxidation sites excluding steroid dienone is 1. The van der Waals surface area contributed by atoms with Gasteiger partial charge in [0.05, 0.1) is 5.56 Å². The predicted molar refractivity (Wildman–Crippen MR) is 82.1 cm³/mol. The Balaban J connectivity index is 2.57. The molecule has 2 aromatic rings. The lowest BCUT2D eigenvalue weighted by Gasteiger charge is -2.08. The van der Waals surface area contributed by atoms with Gasteiger partial charge in [-0.3, -0.25) is 9.59 Å². The number of ketones is 1. The second-order valence-corrected chi connectivity index (χ2v) is 4.88. The third-order valence-corrected chi connectivity index (χ3v) is 2.93. The van der Waals surface area contributed by atoms with Gasteiger partial charge in [-0.05, 0) is 0 Å². The minimum Gasteiger partial charge on any atom is -0.383 e. The minimum absolute atomic E-state index is 0.243. The number of nitrogens with zero attached hydrogens (tertiary/aromatic N) is 3. The number of aryl methyl sites for hydroxylation is 1. The fourth-order valence-corrected chi connectivity index (χ4v) is 1.84. The van der Waals surface area contributed by atoms with E-state index in [2.05, 4.69) is 5.10 Å². The lowest BCUT2D eigenvalue weighted by Crippen LogP contribution is -2.22. The highest BCUT2D eigenvalue weighted by Crippen LogP contribution is 2.20. The zero-order chi connectivity index (χ0) is 15.4. The Morgan fingerprint density at radius 2 is 1.90 bits per heavy atom. The van der Waals surface area contributed by atoms with Crippen molar-refractivity contribution in [3.05, 3.63) is 64.6 Å². The first kappa shape index (κ1) is 14.7. The summed E-state index contributed by atoms with van der Waals surface area (Å²) in [6.45, 7) is 0. The van der Waals surface area contributed by atoms with Gasteiger partial charge in [0, 0.05) is 45.0 Å². The minimum atomic E-state index is -0.309. The van der Waals surface area contributed by atoms with Crippen molar-refractivity contribution in [2.45, 2.75) is 0 Å². The molecule has 0 radical (unpaired) electrons. The lowest BCUT2D eigenvalue weighted by molar-refractivity contribution is 0.104. The monoisotopic (exact) mass is 283 g/mol. The summed E-state index contributed by atoms with van der Waals surface area (Å²) in [5.41, 5.74) is 1.31. The number of rotatable bonds is 4. The van der Waals surface area contributed by atoms with Crippen LogP contribution in [0.25, 0.3) is 11.3 Å². The van der Waals surface area contributed by atoms with Crippen molar-refractivity contribution in [2.75, 3.05) is 14.1 Å². The SMILES string of the molecule is CN(C)/C=C/C(=O)c1cc(=O)n(C)nc1-c1ccccc1. The standard InChI is InChI=1S/C16H17N3O2/c1-18(2)10-9-14(20)13-11-15(21)19(3)17-16(13)12-7-5-4-6-8-12/h4-11H,1-3H3/b10-9+. The molecule has 1 aromatic carbocycles. The maximum Gasteiger partial charge on any atom is 0.267 e. The van der Waals surface area contributed by atoms with E-state index >= 15 is 0 Å². The zero-order valence-electron chi connectivity index (χ0n) is 12.3. The molecule has 1 heterocycles. The van der Waals surface area contributed by atoms with Crippen molar-refractivity contribution in [2.24, 2.45) is 7.05 Å². The molecular weight excluding hydrogens is 266 g/mol. The van der Waals surface area contributed by atoms with Gasteiger partial charge < -0.3 is 4.90 Å². The first-order valence-electron chi connectivity index (χ1n) is 6.52. The van der Waals surface area contributed by atoms with Gasteiger partial charge in [0.25, 0.3) is 5.56 Å². The van der Waals surface area contributed by atoms with Crippen molar-refractivity contribution in [3.8, 4) is 11.3 Å². The molecule has 1 aromatic heterocycles. The molecule has 108 valence electrons. The third kappa shape index (κ3) is 3.45. The number of hydrogen-bond acceptors (Lipinski definition) is 4. The van der Waals surface area contributed by atoms with Crippen LogP contribution in [0, 0.1) is 0 Å². The summed E-state index contributed by atoms with van der Waals surface area (Å²) >= 11 is 0. The van der Waals surface area contributed by atoms with Crippen molar-refractivity contribution in [1.29, 1.82) is 0 Å². The first-order chi connectivity index (χ1) is 9.99. The van der Waals surface area contributed by atoms with Crippen LogP contribution in [0.2, 0.25) is 0 Å². The number of aromatic nitrogens is 2. The molecule has 0 spiro atoms. The summed E-state index contributed by atoms with van der Waals surface area (Å²) in [7, 11) is 5.22. The topological polar surface area (TPSA) is 55.2 Å². The van der Waals surface area contributed by atoms with Crippen LogP contribution >= 0.6 is 0 Å². The molecule has 0 unspecified atom stereocenters. The Morgan fingerprint density at radius 1 is 1.24 bits per heavy atom. The summed E-state index contributed by atoms with van der Waals surface area (Å²) in [6.07, 6.45) is 3.08. The normalized spacial score (nSPS) is 10.8. The number of carbonyl (C=O) groups is 1. The van der Waals surface area contributed by atoms with E-state index in [1.165, 1.54) is 16.8 Å². The largest absolute Gasteiger partial charge is 0.383 e. The van der Waals surface area contributed by atoms with Gasteiger partial charge in [0.15, 0.2) is 5.78 Å². The molecular formula is C16H17N3O2. The first-order valence-corrected chi connectivity index (χ1v) is 6.52. The van der Waals surface area contributed by atoms with Crippen LogP contribution < -0.4 is 5.56 Å². The Morgan fingerprint density at radius 3 is 2.52 bits per heavy atom. The highest BCUT2D eigenvalue weighted by Gasteiger charge is 2.14. The summed E-state index contributed by atoms with van der Waals surface area (Å²) in [5.74, 6) is -0.243. The highest BCUT2D eigenvalue weighted by molar-refractivity contribution is 6.08. The Kier molecular flexibility index (Phi) is 4.33. The maximum atomic E-state index is 12.3. The molecule has 0 atom stereocenters. The van der Waals surface area contributed by atoms with Crippen LogP contribution in [-0.2, 0) is 7.05 Å². The van der Waals surface area contributed by atoms with E-state index in [-0.39, 0.29) is 11.3 Å². The van der Waals surface area contributed by atoms with Gasteiger partial charge in [0.1, 0.15) is 5.69 Å². The molecule has 0 saturated carbocycles. The van der Waals surface area contributed by atoms with Gasteiger partial charge in [0.2, 0.25) is 0 Å². The van der Waals surface area contributed by atoms with Gasteiger partial charge in [-0.15, -0.1) is 0 Å². The number of hydrogen-bond donors (Lipinski definition) is 0. The fourth-order valence-electron chi connectivity index (χ4n) is 1.84. The predicted octanol–water partition coefficient (Wildman–Crippen LogP) is 1.71. The summed E-state index contributed by atoms with van der Waals surface area (Å²) < 4.78 is 1.23. The smallest absolute Gasteiger partial charge is 0.267 e. The molecule has 0 fully saturated rings. The van der Waals surface area contributed by atoms with Crippen LogP contribution in [0.15, 0.2) is 53.5 Å². The lowest BCUT2D eigenvalue weighted by atomic mass is 10.0.